The third-order valence-corrected chi connectivity index (χ3v) is 2.26. The molecule has 0 aliphatic heterocycles. The Kier molecular flexibility index (Phi) is 3.86. The Morgan fingerprint density at radius 3 is 2.62 bits per heavy atom. The Balaban J connectivity index is 3.17. The van der Waals surface area contributed by atoms with Gasteiger partial charge in [-0.05, 0) is 18.2 Å². The van der Waals surface area contributed by atoms with Gasteiger partial charge in [0.2, 0.25) is 0 Å². The summed E-state index contributed by atoms with van der Waals surface area (Å²) in [5.41, 5.74) is 6.32. The van der Waals surface area contributed by atoms with Gasteiger partial charge in [0.05, 0.1) is 11.3 Å². The van der Waals surface area contributed by atoms with E-state index in [1.165, 1.54) is 23.1 Å². The van der Waals surface area contributed by atoms with Gasteiger partial charge in [0.15, 0.2) is 0 Å². The number of anilines is 2. The predicted molar refractivity (Wildman–Crippen MR) is 61.4 cm³/mol. The average molecular weight is 242 g/mol. The van der Waals surface area contributed by atoms with Gasteiger partial charge in [0.1, 0.15) is 0 Å². The van der Waals surface area contributed by atoms with Crippen molar-refractivity contribution in [2.75, 3.05) is 24.6 Å². The van der Waals surface area contributed by atoms with Crippen molar-refractivity contribution in [3.8, 4) is 0 Å². The van der Waals surface area contributed by atoms with Crippen LogP contribution in [0.3, 0.4) is 0 Å². The molecule has 0 heterocycles. The topological polar surface area (TPSA) is 98.5 Å². The van der Waals surface area contributed by atoms with Crippen LogP contribution in [0.5, 0.6) is 0 Å². The van der Waals surface area contributed by atoms with E-state index in [0.29, 0.717) is 5.69 Å². The highest BCUT2D eigenvalue weighted by molar-refractivity contribution is 7.80. The van der Waals surface area contributed by atoms with Crippen LogP contribution in [-0.4, -0.2) is 33.7 Å². The molecule has 0 spiro atoms. The molecule has 1 aromatic rings. The number of hydrogen-bond acceptors (Lipinski definition) is 4. The molecule has 1 unspecified atom stereocenters. The van der Waals surface area contributed by atoms with E-state index in [1.54, 1.807) is 14.1 Å². The summed E-state index contributed by atoms with van der Waals surface area (Å²) in [7, 11) is 3.16. The van der Waals surface area contributed by atoms with Crippen molar-refractivity contribution in [1.29, 1.82) is 0 Å². The number of rotatable bonds is 3. The van der Waals surface area contributed by atoms with Crippen molar-refractivity contribution < 1.29 is 13.6 Å². The maximum atomic E-state index is 11.7. The first-order chi connectivity index (χ1) is 7.41. The second-order valence-corrected chi connectivity index (χ2v) is 4.01. The van der Waals surface area contributed by atoms with Crippen LogP contribution >= 0.6 is 0 Å². The molecule has 1 rings (SSSR count). The highest BCUT2D eigenvalue weighted by Crippen LogP contribution is 2.20. The molecular formula is C9H12N3O3S-. The van der Waals surface area contributed by atoms with Gasteiger partial charge >= 0.3 is 0 Å². The molecule has 0 fully saturated rings. The largest absolute Gasteiger partial charge is 0.755 e. The molecule has 0 saturated heterocycles. The van der Waals surface area contributed by atoms with E-state index in [9.17, 15) is 13.6 Å². The Morgan fingerprint density at radius 1 is 1.50 bits per heavy atom. The molecule has 0 aliphatic carbocycles. The lowest BCUT2D eigenvalue weighted by Crippen LogP contribution is -2.23. The summed E-state index contributed by atoms with van der Waals surface area (Å²) >= 11 is -2.49. The minimum atomic E-state index is -2.49. The quantitative estimate of drug-likeness (QED) is 0.583. The second-order valence-electron chi connectivity index (χ2n) is 3.34. The van der Waals surface area contributed by atoms with Crippen molar-refractivity contribution >= 4 is 28.5 Å². The zero-order valence-electron chi connectivity index (χ0n) is 8.89. The zero-order chi connectivity index (χ0) is 12.3. The number of nitrogens with zero attached hydrogens (tertiary/aromatic N) is 1. The van der Waals surface area contributed by atoms with Crippen LogP contribution in [0.25, 0.3) is 0 Å². The van der Waals surface area contributed by atoms with Crippen molar-refractivity contribution in [2.24, 2.45) is 0 Å². The number of benzene rings is 1. The lowest BCUT2D eigenvalue weighted by atomic mass is 10.1. The number of carbonyl (C=O) groups is 1. The maximum Gasteiger partial charge on any atom is 0.255 e. The van der Waals surface area contributed by atoms with Gasteiger partial charge in [-0.15, -0.1) is 0 Å². The van der Waals surface area contributed by atoms with Crippen LogP contribution < -0.4 is 10.5 Å². The van der Waals surface area contributed by atoms with E-state index in [4.69, 9.17) is 5.73 Å². The Labute approximate surface area is 95.9 Å². The van der Waals surface area contributed by atoms with Crippen LogP contribution in [0.15, 0.2) is 18.2 Å². The number of hydrogen-bond donors (Lipinski definition) is 2. The molecule has 0 saturated carbocycles. The average Bonchev–Trinajstić information content (AvgIpc) is 2.15. The molecule has 0 radical (unpaired) electrons. The van der Waals surface area contributed by atoms with Crippen LogP contribution in [0, 0.1) is 0 Å². The molecule has 1 amide bonds. The molecular weight excluding hydrogens is 230 g/mol. The molecule has 0 aliphatic rings. The summed E-state index contributed by atoms with van der Waals surface area (Å²) in [5.74, 6) is -0.298. The highest BCUT2D eigenvalue weighted by Gasteiger charge is 2.13. The maximum absolute atomic E-state index is 11.7. The van der Waals surface area contributed by atoms with Crippen LogP contribution in [0.1, 0.15) is 10.4 Å². The van der Waals surface area contributed by atoms with Gasteiger partial charge in [0.25, 0.3) is 5.91 Å². The number of amides is 1. The molecule has 1 atom stereocenters. The van der Waals surface area contributed by atoms with E-state index in [0.717, 1.165) is 0 Å². The van der Waals surface area contributed by atoms with Gasteiger partial charge in [0, 0.05) is 31.0 Å². The van der Waals surface area contributed by atoms with E-state index in [1.807, 2.05) is 0 Å². The summed E-state index contributed by atoms with van der Waals surface area (Å²) in [4.78, 5) is 13.1. The third kappa shape index (κ3) is 2.94. The predicted octanol–water partition coefficient (Wildman–Crippen LogP) is 0.177. The summed E-state index contributed by atoms with van der Waals surface area (Å²) in [6.45, 7) is 0. The molecule has 1 aromatic carbocycles. The van der Waals surface area contributed by atoms with Gasteiger partial charge in [-0.3, -0.25) is 9.00 Å². The molecule has 6 nitrogen and oxygen atoms in total. The van der Waals surface area contributed by atoms with Crippen LogP contribution in [0.4, 0.5) is 11.4 Å². The first-order valence-electron chi connectivity index (χ1n) is 4.39. The number of nitrogen functional groups attached to an aromatic ring is 1. The summed E-state index contributed by atoms with van der Waals surface area (Å²) in [5, 5.41) is 0. The first-order valence-corrected chi connectivity index (χ1v) is 5.46. The van der Waals surface area contributed by atoms with Gasteiger partial charge in [-0.1, -0.05) is 0 Å². The van der Waals surface area contributed by atoms with Crippen LogP contribution in [-0.2, 0) is 11.3 Å². The molecule has 88 valence electrons. The SMILES string of the molecule is CN(C)C(=O)c1ccc(N)cc1NS(=O)[O-]. The molecule has 0 bridgehead atoms. The number of nitrogens with two attached hydrogens (primary N) is 1. The van der Waals surface area contributed by atoms with Gasteiger partial charge in [-0.25, -0.2) is 0 Å². The highest BCUT2D eigenvalue weighted by atomic mass is 32.2. The Bertz CT molecular complexity index is 434. The molecule has 3 N–H and O–H groups in total. The van der Waals surface area contributed by atoms with Crippen molar-refractivity contribution in [3.05, 3.63) is 23.8 Å². The van der Waals surface area contributed by atoms with Crippen molar-refractivity contribution in [1.82, 2.24) is 4.90 Å². The zero-order valence-corrected chi connectivity index (χ0v) is 9.71. The number of nitrogens with one attached hydrogen (secondary N) is 1. The van der Waals surface area contributed by atoms with E-state index >= 15 is 0 Å². The summed E-state index contributed by atoms with van der Waals surface area (Å²) in [6, 6.07) is 4.41. The smallest absolute Gasteiger partial charge is 0.255 e. The second kappa shape index (κ2) is 4.95. The van der Waals surface area contributed by atoms with Crippen molar-refractivity contribution in [2.45, 2.75) is 0 Å². The Morgan fingerprint density at radius 2 is 2.12 bits per heavy atom. The number of carbonyl (C=O) groups excluding carboxylic acids is 1. The van der Waals surface area contributed by atoms with Crippen molar-refractivity contribution in [3.63, 3.8) is 0 Å². The molecule has 7 heteroatoms. The summed E-state index contributed by atoms with van der Waals surface area (Å²) < 4.78 is 23.2. The molecule has 16 heavy (non-hydrogen) atoms. The standard InChI is InChI=1S/C9H13N3O3S/c1-12(2)9(13)7-4-3-6(10)5-8(7)11-16(14)15/h3-5,11H,10H2,1-2H3,(H,14,15)/p-1. The van der Waals surface area contributed by atoms with Gasteiger partial charge in [-0.2, -0.15) is 0 Å². The minimum absolute atomic E-state index is 0.173. The van der Waals surface area contributed by atoms with E-state index < -0.39 is 11.3 Å². The fourth-order valence-electron chi connectivity index (χ4n) is 1.16. The fourth-order valence-corrected chi connectivity index (χ4v) is 1.51. The fraction of sp³-hybridized carbons (Fsp3) is 0.222. The molecule has 0 aromatic heterocycles. The Hall–Kier alpha value is -1.60. The van der Waals surface area contributed by atoms with Gasteiger partial charge < -0.3 is 19.9 Å². The third-order valence-electron chi connectivity index (χ3n) is 1.87. The lowest BCUT2D eigenvalue weighted by Gasteiger charge is -2.16. The first kappa shape index (κ1) is 12.5. The lowest BCUT2D eigenvalue weighted by molar-refractivity contribution is 0.0828. The summed E-state index contributed by atoms with van der Waals surface area (Å²) in [6.07, 6.45) is 0. The van der Waals surface area contributed by atoms with E-state index in [2.05, 4.69) is 4.72 Å². The van der Waals surface area contributed by atoms with Crippen LogP contribution in [0.2, 0.25) is 0 Å². The minimum Gasteiger partial charge on any atom is -0.755 e. The normalized spacial score (nSPS) is 11.9. The van der Waals surface area contributed by atoms with E-state index in [-0.39, 0.29) is 17.2 Å². The monoisotopic (exact) mass is 242 g/mol.